The fourth-order valence-electron chi connectivity index (χ4n) is 1.23. The van der Waals surface area contributed by atoms with Crippen LogP contribution in [0.2, 0.25) is 0 Å². The first-order valence-electron chi connectivity index (χ1n) is 4.85. The van der Waals surface area contributed by atoms with Gasteiger partial charge in [0, 0.05) is 30.3 Å². The van der Waals surface area contributed by atoms with E-state index in [0.717, 1.165) is 16.3 Å². The van der Waals surface area contributed by atoms with E-state index in [4.69, 9.17) is 0 Å². The Hall–Kier alpha value is -1.75. The van der Waals surface area contributed by atoms with Crippen LogP contribution in [0.3, 0.4) is 0 Å². The predicted molar refractivity (Wildman–Crippen MR) is 62.9 cm³/mol. The lowest BCUT2D eigenvalue weighted by Gasteiger charge is -1.97. The van der Waals surface area contributed by atoms with Gasteiger partial charge in [-0.2, -0.15) is 0 Å². The van der Waals surface area contributed by atoms with E-state index in [1.54, 1.807) is 23.7 Å². The third kappa shape index (κ3) is 2.64. The molecule has 0 aromatic carbocycles. The summed E-state index contributed by atoms with van der Waals surface area (Å²) in [6, 6.07) is 3.85. The molecular weight excluding hydrogens is 222 g/mol. The maximum Gasteiger partial charge on any atom is 0.217 e. The second-order valence-electron chi connectivity index (χ2n) is 3.30. The summed E-state index contributed by atoms with van der Waals surface area (Å²) < 4.78 is 0. The Morgan fingerprint density at radius 3 is 3.12 bits per heavy atom. The van der Waals surface area contributed by atoms with Gasteiger partial charge in [-0.1, -0.05) is 0 Å². The summed E-state index contributed by atoms with van der Waals surface area (Å²) in [7, 11) is 0. The molecule has 1 N–H and O–H groups in total. The molecular formula is C11H11N3OS. The molecule has 1 amide bonds. The number of aromatic nitrogens is 2. The summed E-state index contributed by atoms with van der Waals surface area (Å²) in [5.41, 5.74) is 1.88. The highest BCUT2D eigenvalue weighted by Crippen LogP contribution is 2.22. The Bertz CT molecular complexity index is 481. The van der Waals surface area contributed by atoms with Crippen molar-refractivity contribution in [2.24, 2.45) is 0 Å². The molecule has 2 aromatic heterocycles. The minimum Gasteiger partial charge on any atom is -0.351 e. The molecule has 0 aliphatic rings. The molecule has 16 heavy (non-hydrogen) atoms. The molecule has 0 bridgehead atoms. The normalized spacial score (nSPS) is 10.1. The van der Waals surface area contributed by atoms with Crippen LogP contribution < -0.4 is 5.32 Å². The predicted octanol–water partition coefficient (Wildman–Crippen LogP) is 1.84. The fourth-order valence-corrected chi connectivity index (χ4v) is 2.04. The smallest absolute Gasteiger partial charge is 0.217 e. The lowest BCUT2D eigenvalue weighted by atomic mass is 10.3. The molecule has 5 heteroatoms. The Balaban J connectivity index is 2.11. The molecule has 82 valence electrons. The number of carbonyl (C=O) groups excluding carboxylic acids is 1. The molecule has 0 fully saturated rings. The summed E-state index contributed by atoms with van der Waals surface area (Å²) >= 11 is 1.55. The maximum atomic E-state index is 10.7. The SMILES string of the molecule is CC(=O)NCc1csc(-c2cccnc2)n1. The minimum absolute atomic E-state index is 0.0454. The van der Waals surface area contributed by atoms with Crippen molar-refractivity contribution in [3.63, 3.8) is 0 Å². The van der Waals surface area contributed by atoms with Crippen LogP contribution in [-0.2, 0) is 11.3 Å². The molecule has 2 heterocycles. The molecule has 0 spiro atoms. The second kappa shape index (κ2) is 4.85. The van der Waals surface area contributed by atoms with Gasteiger partial charge in [0.25, 0.3) is 0 Å². The van der Waals surface area contributed by atoms with Crippen LogP contribution in [0.5, 0.6) is 0 Å². The van der Waals surface area contributed by atoms with Crippen LogP contribution in [0.1, 0.15) is 12.6 Å². The Morgan fingerprint density at radius 2 is 2.44 bits per heavy atom. The quantitative estimate of drug-likeness (QED) is 0.880. The number of carbonyl (C=O) groups is 1. The van der Waals surface area contributed by atoms with Crippen LogP contribution in [0.25, 0.3) is 10.6 Å². The van der Waals surface area contributed by atoms with Crippen molar-refractivity contribution in [1.82, 2.24) is 15.3 Å². The molecule has 0 aliphatic heterocycles. The average molecular weight is 233 g/mol. The molecule has 4 nitrogen and oxygen atoms in total. The van der Waals surface area contributed by atoms with Gasteiger partial charge in [0.2, 0.25) is 5.91 Å². The van der Waals surface area contributed by atoms with Crippen molar-refractivity contribution in [2.45, 2.75) is 13.5 Å². The van der Waals surface area contributed by atoms with Gasteiger partial charge in [-0.3, -0.25) is 9.78 Å². The van der Waals surface area contributed by atoms with E-state index < -0.39 is 0 Å². The molecule has 0 aliphatic carbocycles. The summed E-state index contributed by atoms with van der Waals surface area (Å²) in [6.45, 7) is 1.97. The summed E-state index contributed by atoms with van der Waals surface area (Å²) in [5.74, 6) is -0.0454. The van der Waals surface area contributed by atoms with Crippen LogP contribution in [0.4, 0.5) is 0 Å². The monoisotopic (exact) mass is 233 g/mol. The van der Waals surface area contributed by atoms with Crippen molar-refractivity contribution in [2.75, 3.05) is 0 Å². The number of hydrogen-bond acceptors (Lipinski definition) is 4. The summed E-state index contributed by atoms with van der Waals surface area (Å²) in [5, 5.41) is 5.58. The second-order valence-corrected chi connectivity index (χ2v) is 4.15. The summed E-state index contributed by atoms with van der Waals surface area (Å²) in [6.07, 6.45) is 3.51. The van der Waals surface area contributed by atoms with Crippen molar-refractivity contribution in [3.8, 4) is 10.6 Å². The Labute approximate surface area is 97.4 Å². The summed E-state index contributed by atoms with van der Waals surface area (Å²) in [4.78, 5) is 19.2. The highest BCUT2D eigenvalue weighted by atomic mass is 32.1. The van der Waals surface area contributed by atoms with Crippen LogP contribution >= 0.6 is 11.3 Å². The molecule has 0 saturated carbocycles. The zero-order chi connectivity index (χ0) is 11.4. The molecule has 0 saturated heterocycles. The first-order valence-corrected chi connectivity index (χ1v) is 5.73. The first kappa shape index (κ1) is 10.8. The van der Waals surface area contributed by atoms with E-state index in [0.29, 0.717) is 6.54 Å². The van der Waals surface area contributed by atoms with Crippen molar-refractivity contribution < 1.29 is 4.79 Å². The molecule has 2 rings (SSSR count). The number of pyridine rings is 1. The van der Waals surface area contributed by atoms with Gasteiger partial charge < -0.3 is 5.32 Å². The van der Waals surface area contributed by atoms with Gasteiger partial charge >= 0.3 is 0 Å². The third-order valence-corrected chi connectivity index (χ3v) is 2.92. The Morgan fingerprint density at radius 1 is 1.56 bits per heavy atom. The van der Waals surface area contributed by atoms with E-state index in [2.05, 4.69) is 15.3 Å². The number of amides is 1. The number of nitrogens with zero attached hydrogens (tertiary/aromatic N) is 2. The zero-order valence-electron chi connectivity index (χ0n) is 8.80. The van der Waals surface area contributed by atoms with Gasteiger partial charge in [-0.25, -0.2) is 4.98 Å². The van der Waals surface area contributed by atoms with Crippen molar-refractivity contribution >= 4 is 17.2 Å². The topological polar surface area (TPSA) is 54.9 Å². The minimum atomic E-state index is -0.0454. The number of rotatable bonds is 3. The Kier molecular flexibility index (Phi) is 3.26. The van der Waals surface area contributed by atoms with Gasteiger partial charge in [0.15, 0.2) is 0 Å². The zero-order valence-corrected chi connectivity index (χ0v) is 9.62. The highest BCUT2D eigenvalue weighted by molar-refractivity contribution is 7.13. The van der Waals surface area contributed by atoms with Gasteiger partial charge in [0.05, 0.1) is 12.2 Å². The molecule has 0 unspecified atom stereocenters. The molecule has 2 aromatic rings. The van der Waals surface area contributed by atoms with Crippen molar-refractivity contribution in [3.05, 3.63) is 35.6 Å². The van der Waals surface area contributed by atoms with E-state index in [-0.39, 0.29) is 5.91 Å². The van der Waals surface area contributed by atoms with Crippen LogP contribution in [-0.4, -0.2) is 15.9 Å². The lowest BCUT2D eigenvalue weighted by Crippen LogP contribution is -2.18. The van der Waals surface area contributed by atoms with E-state index in [1.807, 2.05) is 17.5 Å². The third-order valence-electron chi connectivity index (χ3n) is 1.98. The van der Waals surface area contributed by atoms with E-state index in [1.165, 1.54) is 6.92 Å². The molecule has 0 atom stereocenters. The largest absolute Gasteiger partial charge is 0.351 e. The highest BCUT2D eigenvalue weighted by Gasteiger charge is 2.04. The number of nitrogens with one attached hydrogen (secondary N) is 1. The standard InChI is InChI=1S/C11H11N3OS/c1-8(15)13-6-10-7-16-11(14-10)9-3-2-4-12-5-9/h2-5,7H,6H2,1H3,(H,13,15). The van der Waals surface area contributed by atoms with Crippen molar-refractivity contribution in [1.29, 1.82) is 0 Å². The fraction of sp³-hybridized carbons (Fsp3) is 0.182. The van der Waals surface area contributed by atoms with Gasteiger partial charge in [0.1, 0.15) is 5.01 Å². The van der Waals surface area contributed by atoms with Crippen LogP contribution in [0, 0.1) is 0 Å². The lowest BCUT2D eigenvalue weighted by molar-refractivity contribution is -0.119. The number of thiazole rings is 1. The maximum absolute atomic E-state index is 10.7. The molecule has 0 radical (unpaired) electrons. The number of hydrogen-bond donors (Lipinski definition) is 1. The van der Waals surface area contributed by atoms with Gasteiger partial charge in [-0.15, -0.1) is 11.3 Å². The average Bonchev–Trinajstić information content (AvgIpc) is 2.76. The van der Waals surface area contributed by atoms with E-state index >= 15 is 0 Å². The first-order chi connectivity index (χ1) is 7.75. The van der Waals surface area contributed by atoms with Gasteiger partial charge in [-0.05, 0) is 12.1 Å². The van der Waals surface area contributed by atoms with Crippen LogP contribution in [0.15, 0.2) is 29.9 Å². The van der Waals surface area contributed by atoms with E-state index in [9.17, 15) is 4.79 Å².